The van der Waals surface area contributed by atoms with Gasteiger partial charge in [0.05, 0.1) is 5.69 Å². The smallest absolute Gasteiger partial charge is 0.224 e. The predicted molar refractivity (Wildman–Crippen MR) is 143 cm³/mol. The summed E-state index contributed by atoms with van der Waals surface area (Å²) >= 11 is 7.59. The molecule has 6 heteroatoms. The molecule has 2 N–H and O–H groups in total. The van der Waals surface area contributed by atoms with Crippen LogP contribution in [0.25, 0.3) is 11.3 Å². The molecule has 0 saturated carbocycles. The maximum Gasteiger partial charge on any atom is 0.224 e. The van der Waals surface area contributed by atoms with Crippen molar-refractivity contribution in [3.63, 3.8) is 0 Å². The Morgan fingerprint density at radius 2 is 1.61 bits per heavy atom. The van der Waals surface area contributed by atoms with E-state index in [1.165, 1.54) is 56.3 Å². The fourth-order valence-corrected chi connectivity index (χ4v) is 4.66. The normalized spacial score (nSPS) is 10.8. The molecule has 3 rings (SSSR count). The molecule has 0 aliphatic carbocycles. The molecular formula is C27H34ClN3OS. The zero-order valence-electron chi connectivity index (χ0n) is 19.4. The van der Waals surface area contributed by atoms with E-state index >= 15 is 0 Å². The maximum absolute atomic E-state index is 12.4. The van der Waals surface area contributed by atoms with Crippen LogP contribution in [0.2, 0.25) is 5.02 Å². The van der Waals surface area contributed by atoms with E-state index in [0.717, 1.165) is 40.6 Å². The number of anilines is 3. The van der Waals surface area contributed by atoms with Gasteiger partial charge in [-0.25, -0.2) is 4.98 Å². The van der Waals surface area contributed by atoms with Crippen LogP contribution < -0.4 is 10.6 Å². The highest BCUT2D eigenvalue weighted by Gasteiger charge is 2.08. The number of nitrogens with one attached hydrogen (secondary N) is 2. The first-order chi connectivity index (χ1) is 16.1. The van der Waals surface area contributed by atoms with Crippen molar-refractivity contribution < 1.29 is 4.79 Å². The molecule has 0 fully saturated rings. The summed E-state index contributed by atoms with van der Waals surface area (Å²) in [5, 5.41) is 9.81. The number of halogens is 1. The van der Waals surface area contributed by atoms with Gasteiger partial charge in [0.25, 0.3) is 0 Å². The van der Waals surface area contributed by atoms with Crippen LogP contribution in [0.1, 0.15) is 71.1 Å². The number of amides is 1. The summed E-state index contributed by atoms with van der Waals surface area (Å²) in [4.78, 5) is 17.0. The summed E-state index contributed by atoms with van der Waals surface area (Å²) in [5.74, 6) is 0.0803. The zero-order chi connectivity index (χ0) is 23.3. The third-order valence-electron chi connectivity index (χ3n) is 5.53. The van der Waals surface area contributed by atoms with Crippen molar-refractivity contribution >= 4 is 45.4 Å². The van der Waals surface area contributed by atoms with Gasteiger partial charge >= 0.3 is 0 Å². The second kappa shape index (κ2) is 14.0. The van der Waals surface area contributed by atoms with Crippen LogP contribution in [-0.2, 0) is 4.79 Å². The average molecular weight is 484 g/mol. The molecule has 0 saturated heterocycles. The van der Waals surface area contributed by atoms with E-state index in [-0.39, 0.29) is 5.91 Å². The largest absolute Gasteiger partial charge is 0.331 e. The Morgan fingerprint density at radius 3 is 2.36 bits per heavy atom. The molecule has 0 aliphatic rings. The molecule has 1 aromatic heterocycles. The molecule has 1 heterocycles. The Morgan fingerprint density at radius 1 is 0.909 bits per heavy atom. The molecular weight excluding hydrogens is 450 g/mol. The maximum atomic E-state index is 12.4. The topological polar surface area (TPSA) is 54.0 Å². The fourth-order valence-electron chi connectivity index (χ4n) is 3.73. The quantitative estimate of drug-likeness (QED) is 0.225. The number of aromatic nitrogens is 1. The lowest BCUT2D eigenvalue weighted by Crippen LogP contribution is -2.11. The van der Waals surface area contributed by atoms with Crippen molar-refractivity contribution in [3.8, 4) is 11.3 Å². The Labute approximate surface area is 206 Å². The monoisotopic (exact) mass is 483 g/mol. The van der Waals surface area contributed by atoms with Gasteiger partial charge < -0.3 is 10.6 Å². The zero-order valence-corrected chi connectivity index (χ0v) is 21.0. The highest BCUT2D eigenvalue weighted by molar-refractivity contribution is 7.14. The van der Waals surface area contributed by atoms with E-state index in [9.17, 15) is 4.79 Å². The summed E-state index contributed by atoms with van der Waals surface area (Å²) in [5.41, 5.74) is 3.57. The highest BCUT2D eigenvalue weighted by atomic mass is 35.5. The van der Waals surface area contributed by atoms with E-state index in [4.69, 9.17) is 11.6 Å². The van der Waals surface area contributed by atoms with Crippen LogP contribution in [0.4, 0.5) is 16.5 Å². The molecule has 0 unspecified atom stereocenters. The molecule has 0 radical (unpaired) electrons. The van der Waals surface area contributed by atoms with Gasteiger partial charge in [0.15, 0.2) is 5.13 Å². The standard InChI is InChI=1S/C27H34ClN3OS/c1-2-3-4-5-6-7-8-9-10-17-26(32)29-23-15-11-13-21(18-23)25-20-33-27(31-25)30-24-16-12-14-22(28)19-24/h11-16,18-20H,2-10,17H2,1H3,(H,29,32)(H,30,31). The molecule has 0 atom stereocenters. The molecule has 3 aromatic rings. The highest BCUT2D eigenvalue weighted by Crippen LogP contribution is 2.29. The fraction of sp³-hybridized carbons (Fsp3) is 0.407. The Bertz CT molecular complexity index is 1000. The van der Waals surface area contributed by atoms with Gasteiger partial charge in [-0.3, -0.25) is 4.79 Å². The van der Waals surface area contributed by atoms with Gasteiger partial charge in [0.1, 0.15) is 0 Å². The summed E-state index contributed by atoms with van der Waals surface area (Å²) < 4.78 is 0. The summed E-state index contributed by atoms with van der Waals surface area (Å²) in [6.45, 7) is 2.25. The Balaban J connectivity index is 1.42. The Hall–Kier alpha value is -2.37. The van der Waals surface area contributed by atoms with Gasteiger partial charge in [-0.15, -0.1) is 11.3 Å². The minimum absolute atomic E-state index is 0.0803. The van der Waals surface area contributed by atoms with Crippen molar-refractivity contribution in [1.29, 1.82) is 0 Å². The van der Waals surface area contributed by atoms with Crippen molar-refractivity contribution in [2.75, 3.05) is 10.6 Å². The second-order valence-electron chi connectivity index (χ2n) is 8.38. The first-order valence-electron chi connectivity index (χ1n) is 12.0. The molecule has 4 nitrogen and oxygen atoms in total. The summed E-state index contributed by atoms with van der Waals surface area (Å²) in [6.07, 6.45) is 11.8. The van der Waals surface area contributed by atoms with Crippen LogP contribution in [0.5, 0.6) is 0 Å². The molecule has 176 valence electrons. The first-order valence-corrected chi connectivity index (χ1v) is 13.3. The molecule has 2 aromatic carbocycles. The van der Waals surface area contributed by atoms with E-state index < -0.39 is 0 Å². The summed E-state index contributed by atoms with van der Waals surface area (Å²) in [7, 11) is 0. The van der Waals surface area contributed by atoms with E-state index in [1.807, 2.05) is 53.9 Å². The first kappa shape index (κ1) is 25.3. The van der Waals surface area contributed by atoms with Crippen LogP contribution >= 0.6 is 22.9 Å². The average Bonchev–Trinajstić information content (AvgIpc) is 3.27. The minimum atomic E-state index is 0.0803. The minimum Gasteiger partial charge on any atom is -0.331 e. The molecule has 0 aliphatic heterocycles. The summed E-state index contributed by atoms with van der Waals surface area (Å²) in [6, 6.07) is 15.4. The van der Waals surface area contributed by atoms with E-state index in [2.05, 4.69) is 22.5 Å². The van der Waals surface area contributed by atoms with Gasteiger partial charge in [-0.2, -0.15) is 0 Å². The number of rotatable bonds is 14. The lowest BCUT2D eigenvalue weighted by atomic mass is 10.1. The number of unbranched alkanes of at least 4 members (excludes halogenated alkanes) is 8. The van der Waals surface area contributed by atoms with Crippen molar-refractivity contribution in [1.82, 2.24) is 4.98 Å². The van der Waals surface area contributed by atoms with Gasteiger partial charge in [0.2, 0.25) is 5.91 Å². The Kier molecular flexibility index (Phi) is 10.7. The SMILES string of the molecule is CCCCCCCCCCCC(=O)Nc1cccc(-c2csc(Nc3cccc(Cl)c3)n2)c1. The molecule has 33 heavy (non-hydrogen) atoms. The molecule has 0 spiro atoms. The number of nitrogens with zero attached hydrogens (tertiary/aromatic N) is 1. The number of carbonyl (C=O) groups is 1. The number of benzene rings is 2. The van der Waals surface area contributed by atoms with Gasteiger partial charge in [-0.05, 0) is 36.8 Å². The van der Waals surface area contributed by atoms with Crippen molar-refractivity contribution in [3.05, 3.63) is 58.9 Å². The number of hydrogen-bond acceptors (Lipinski definition) is 4. The van der Waals surface area contributed by atoms with E-state index in [1.54, 1.807) is 0 Å². The molecule has 0 bridgehead atoms. The van der Waals surface area contributed by atoms with Gasteiger partial charge in [0, 0.05) is 33.8 Å². The predicted octanol–water partition coefficient (Wildman–Crippen LogP) is 9.07. The van der Waals surface area contributed by atoms with Crippen LogP contribution in [0, 0.1) is 0 Å². The number of hydrogen-bond donors (Lipinski definition) is 2. The second-order valence-corrected chi connectivity index (χ2v) is 9.68. The van der Waals surface area contributed by atoms with E-state index in [0.29, 0.717) is 11.4 Å². The number of carbonyl (C=O) groups excluding carboxylic acids is 1. The van der Waals surface area contributed by atoms with Crippen molar-refractivity contribution in [2.24, 2.45) is 0 Å². The number of thiazole rings is 1. The third kappa shape index (κ3) is 9.18. The van der Waals surface area contributed by atoms with Gasteiger partial charge in [-0.1, -0.05) is 88.1 Å². The molecule has 1 amide bonds. The van der Waals surface area contributed by atoms with Crippen LogP contribution in [0.15, 0.2) is 53.9 Å². The van der Waals surface area contributed by atoms with Crippen LogP contribution in [-0.4, -0.2) is 10.9 Å². The van der Waals surface area contributed by atoms with Crippen molar-refractivity contribution in [2.45, 2.75) is 71.1 Å². The van der Waals surface area contributed by atoms with Crippen LogP contribution in [0.3, 0.4) is 0 Å². The lowest BCUT2D eigenvalue weighted by molar-refractivity contribution is -0.116. The third-order valence-corrected chi connectivity index (χ3v) is 6.52. The lowest BCUT2D eigenvalue weighted by Gasteiger charge is -2.07.